The number of hydrogen-bond donors (Lipinski definition) is 0. The molecule has 0 amide bonds. The second kappa shape index (κ2) is 26.4. The molecule has 6 nitrogen and oxygen atoms in total. The Hall–Kier alpha value is -12.9. The Bertz CT molecular complexity index is 4650. The van der Waals surface area contributed by atoms with E-state index in [-0.39, 0.29) is 10.8 Å². The van der Waals surface area contributed by atoms with Crippen LogP contribution in [0.25, 0.3) is 22.3 Å². The van der Waals surface area contributed by atoms with E-state index in [1.807, 2.05) is 0 Å². The summed E-state index contributed by atoms with van der Waals surface area (Å²) in [7, 11) is 0. The third-order valence-corrected chi connectivity index (χ3v) is 20.5. The first-order valence-electron chi connectivity index (χ1n) is 35.2. The molecule has 490 valence electrons. The number of anilines is 18. The predicted molar refractivity (Wildman–Crippen MR) is 430 cm³/mol. The van der Waals surface area contributed by atoms with Gasteiger partial charge in [0.2, 0.25) is 0 Å². The lowest BCUT2D eigenvalue weighted by Crippen LogP contribution is -2.18. The van der Waals surface area contributed by atoms with Crippen LogP contribution in [0.1, 0.15) is 49.9 Å². The van der Waals surface area contributed by atoms with E-state index in [9.17, 15) is 0 Å². The molecule has 15 aromatic rings. The molecule has 0 saturated heterocycles. The van der Waals surface area contributed by atoms with Gasteiger partial charge in [-0.15, -0.1) is 0 Å². The van der Waals surface area contributed by atoms with Gasteiger partial charge in [-0.1, -0.05) is 185 Å². The van der Waals surface area contributed by atoms with E-state index in [2.05, 4.69) is 445 Å². The van der Waals surface area contributed by atoms with E-state index >= 15 is 0 Å². The lowest BCUT2D eigenvalue weighted by Gasteiger charge is -2.30. The van der Waals surface area contributed by atoms with Crippen molar-refractivity contribution >= 4 is 102 Å². The molecule has 0 radical (unpaired) electrons. The maximum atomic E-state index is 2.54. The molecule has 0 atom stereocenters. The molecule has 2 aliphatic carbocycles. The van der Waals surface area contributed by atoms with Gasteiger partial charge in [-0.2, -0.15) is 0 Å². The summed E-state index contributed by atoms with van der Waals surface area (Å²) >= 11 is 0. The van der Waals surface area contributed by atoms with Crippen molar-refractivity contribution in [2.45, 2.75) is 38.5 Å². The van der Waals surface area contributed by atoms with E-state index in [4.69, 9.17) is 0 Å². The first-order valence-corrected chi connectivity index (χ1v) is 35.2. The second-order valence-electron chi connectivity index (χ2n) is 27.4. The van der Waals surface area contributed by atoms with Crippen molar-refractivity contribution in [1.29, 1.82) is 0 Å². The van der Waals surface area contributed by atoms with Gasteiger partial charge in [0, 0.05) is 113 Å². The third kappa shape index (κ3) is 11.5. The quantitative estimate of drug-likeness (QED) is 0.0847. The van der Waals surface area contributed by atoms with Crippen LogP contribution in [0.3, 0.4) is 0 Å². The number of hydrogen-bond acceptors (Lipinski definition) is 6. The number of fused-ring (bicyclic) bond motifs is 6. The van der Waals surface area contributed by atoms with Crippen LogP contribution in [0.15, 0.2) is 388 Å². The molecule has 0 heterocycles. The molecule has 0 aromatic heterocycles. The summed E-state index contributed by atoms with van der Waals surface area (Å²) in [5, 5.41) is 0. The average Bonchev–Trinajstić information content (AvgIpc) is 1.54. The van der Waals surface area contributed by atoms with Crippen LogP contribution in [-0.2, 0) is 10.8 Å². The van der Waals surface area contributed by atoms with Crippen molar-refractivity contribution in [3.05, 3.63) is 411 Å². The molecule has 0 unspecified atom stereocenters. The SMILES string of the molecule is CC1(C)c2cc(N(c3ccc(N(c4ccccc4)c4ccccc4)cc3)c3ccc(N(c4ccccc4)c4ccccc4)cc3)ccc2-c2cc3c(cc21)-c1ccc(N(c2ccc(N(c4ccccc4)c4ccccc4)cc2)c2ccc(N(c4ccccc4)c4ccccc4)cc2)cc1C3(C)C. The maximum absolute atomic E-state index is 2.54. The standard InChI is InChI=1S/C96H76N6/c1-95(2)91-65-85(101(81-53-45-77(46-54-81)97(69-29-13-5-14-30-69)70-31-15-6-16-32-70)82-55-47-78(48-56-82)98(71-33-17-7-18-34-71)72-35-19-8-20-36-72)61-63-87(91)89-68-94-90(67-93(89)95)88-64-62-86(66-92(88)96(94,3)4)102(83-57-49-79(50-58-83)99(73-37-21-9-22-38-73)74-39-23-10-24-40-74)84-59-51-80(52-60-84)100(75-41-25-11-26-42-75)76-43-27-12-28-44-76/h5-68H,1-4H3. The summed E-state index contributed by atoms with van der Waals surface area (Å²) in [6.07, 6.45) is 0. The lowest BCUT2D eigenvalue weighted by molar-refractivity contribution is 0.652. The van der Waals surface area contributed by atoms with Gasteiger partial charge in [-0.05, 0) is 275 Å². The Balaban J connectivity index is 0.742. The second-order valence-corrected chi connectivity index (χ2v) is 27.4. The smallest absolute Gasteiger partial charge is 0.0465 e. The summed E-state index contributed by atoms with van der Waals surface area (Å²) in [4.78, 5) is 14.1. The molecule has 0 saturated carbocycles. The molecule has 102 heavy (non-hydrogen) atoms. The molecule has 0 N–H and O–H groups in total. The first-order chi connectivity index (χ1) is 50.1. The minimum absolute atomic E-state index is 0.331. The highest BCUT2D eigenvalue weighted by Gasteiger charge is 2.42. The molecule has 0 bridgehead atoms. The number of benzene rings is 15. The molecular formula is C96H76N6. The Labute approximate surface area is 599 Å². The number of nitrogens with zero attached hydrogens (tertiary/aromatic N) is 6. The highest BCUT2D eigenvalue weighted by molar-refractivity contribution is 5.94. The van der Waals surface area contributed by atoms with Crippen LogP contribution in [0, 0.1) is 0 Å². The minimum atomic E-state index is -0.331. The van der Waals surface area contributed by atoms with Gasteiger partial charge in [-0.3, -0.25) is 0 Å². The zero-order valence-electron chi connectivity index (χ0n) is 57.6. The Morgan fingerprint density at radius 1 is 0.137 bits per heavy atom. The minimum Gasteiger partial charge on any atom is -0.311 e. The zero-order chi connectivity index (χ0) is 68.7. The van der Waals surface area contributed by atoms with Crippen molar-refractivity contribution in [3.8, 4) is 22.3 Å². The van der Waals surface area contributed by atoms with Gasteiger partial charge in [0.15, 0.2) is 0 Å². The van der Waals surface area contributed by atoms with Gasteiger partial charge in [0.25, 0.3) is 0 Å². The number of para-hydroxylation sites is 8. The molecule has 0 fully saturated rings. The zero-order valence-corrected chi connectivity index (χ0v) is 57.6. The van der Waals surface area contributed by atoms with Crippen molar-refractivity contribution < 1.29 is 0 Å². The molecule has 6 heteroatoms. The topological polar surface area (TPSA) is 19.4 Å². The maximum Gasteiger partial charge on any atom is 0.0465 e. The van der Waals surface area contributed by atoms with Crippen molar-refractivity contribution in [1.82, 2.24) is 0 Å². The van der Waals surface area contributed by atoms with E-state index < -0.39 is 0 Å². The largest absolute Gasteiger partial charge is 0.311 e. The van der Waals surface area contributed by atoms with Crippen LogP contribution in [0.5, 0.6) is 0 Å². The molecule has 2 aliphatic rings. The predicted octanol–water partition coefficient (Wildman–Crippen LogP) is 27.1. The molecule has 15 aromatic carbocycles. The molecule has 0 spiro atoms. The lowest BCUT2D eigenvalue weighted by atomic mass is 9.79. The van der Waals surface area contributed by atoms with Crippen LogP contribution in [0.4, 0.5) is 102 Å². The fourth-order valence-electron chi connectivity index (χ4n) is 15.5. The normalized spacial score (nSPS) is 12.7. The summed E-state index contributed by atoms with van der Waals surface area (Å²) in [5.41, 5.74) is 29.3. The van der Waals surface area contributed by atoms with Crippen LogP contribution >= 0.6 is 0 Å². The Kier molecular flexibility index (Phi) is 16.2. The van der Waals surface area contributed by atoms with Crippen LogP contribution < -0.4 is 29.4 Å². The van der Waals surface area contributed by atoms with Gasteiger partial charge in [0.05, 0.1) is 0 Å². The summed E-state index contributed by atoms with van der Waals surface area (Å²) < 4.78 is 0. The van der Waals surface area contributed by atoms with Crippen molar-refractivity contribution in [2.24, 2.45) is 0 Å². The fraction of sp³-hybridized carbons (Fsp3) is 0.0625. The van der Waals surface area contributed by atoms with Gasteiger partial charge < -0.3 is 29.4 Å². The fourth-order valence-corrected chi connectivity index (χ4v) is 15.5. The van der Waals surface area contributed by atoms with E-state index in [1.165, 1.54) is 44.5 Å². The summed E-state index contributed by atoms with van der Waals surface area (Å²) in [6.45, 7) is 9.67. The Morgan fingerprint density at radius 2 is 0.275 bits per heavy atom. The van der Waals surface area contributed by atoms with Gasteiger partial charge >= 0.3 is 0 Å². The average molecular weight is 1310 g/mol. The van der Waals surface area contributed by atoms with Crippen molar-refractivity contribution in [3.63, 3.8) is 0 Å². The summed E-state index contributed by atoms with van der Waals surface area (Å²) in [6, 6.07) is 141. The Morgan fingerprint density at radius 3 is 0.451 bits per heavy atom. The van der Waals surface area contributed by atoms with E-state index in [0.717, 1.165) is 102 Å². The highest BCUT2D eigenvalue weighted by Crippen LogP contribution is 2.58. The van der Waals surface area contributed by atoms with E-state index in [1.54, 1.807) is 0 Å². The third-order valence-electron chi connectivity index (χ3n) is 20.5. The first kappa shape index (κ1) is 62.6. The highest BCUT2D eigenvalue weighted by atomic mass is 15.2. The van der Waals surface area contributed by atoms with Gasteiger partial charge in [0.1, 0.15) is 0 Å². The molecule has 17 rings (SSSR count). The van der Waals surface area contributed by atoms with Gasteiger partial charge in [-0.25, -0.2) is 0 Å². The van der Waals surface area contributed by atoms with Crippen LogP contribution in [0.2, 0.25) is 0 Å². The van der Waals surface area contributed by atoms with Crippen molar-refractivity contribution in [2.75, 3.05) is 29.4 Å². The molecule has 0 aliphatic heterocycles. The van der Waals surface area contributed by atoms with Crippen LogP contribution in [-0.4, -0.2) is 0 Å². The molecular weight excluding hydrogens is 1240 g/mol. The number of rotatable bonds is 18. The summed E-state index contributed by atoms with van der Waals surface area (Å²) in [5.74, 6) is 0. The van der Waals surface area contributed by atoms with E-state index in [0.29, 0.717) is 0 Å². The monoisotopic (exact) mass is 1310 g/mol.